The third-order valence-electron chi connectivity index (χ3n) is 8.78. The van der Waals surface area contributed by atoms with Gasteiger partial charge in [-0.15, -0.1) is 0 Å². The summed E-state index contributed by atoms with van der Waals surface area (Å²) in [5, 5.41) is 21.0. The molecule has 6 heterocycles. The van der Waals surface area contributed by atoms with Crippen LogP contribution in [0.3, 0.4) is 0 Å². The van der Waals surface area contributed by atoms with Crippen LogP contribution in [0.15, 0.2) is 64.8 Å². The minimum Gasteiger partial charge on any atom is -0.346 e. The van der Waals surface area contributed by atoms with Crippen LogP contribution in [0.25, 0.3) is 11.2 Å². The number of rotatable bonds is 10. The highest BCUT2D eigenvalue weighted by Crippen LogP contribution is 2.58. The van der Waals surface area contributed by atoms with E-state index < -0.39 is 101 Å². The molecular formula is C32H31F2N9O12P2S. The van der Waals surface area contributed by atoms with Crippen LogP contribution >= 0.6 is 14.5 Å². The van der Waals surface area contributed by atoms with Gasteiger partial charge in [-0.2, -0.15) is 10.5 Å². The number of phosphoric acid groups is 1. The normalized spacial score (nSPS) is 31.2. The van der Waals surface area contributed by atoms with Crippen molar-refractivity contribution >= 4 is 49.2 Å². The van der Waals surface area contributed by atoms with Crippen molar-refractivity contribution in [2.75, 3.05) is 31.7 Å². The summed E-state index contributed by atoms with van der Waals surface area (Å²) in [5.74, 6) is -0.526. The smallest absolute Gasteiger partial charge is 0.346 e. The van der Waals surface area contributed by atoms with Gasteiger partial charge in [0.2, 0.25) is 0 Å². The molecule has 3 saturated heterocycles. The molecule has 2 unspecified atom stereocenters. The molecule has 10 atom stereocenters. The summed E-state index contributed by atoms with van der Waals surface area (Å²) in [7, 11) is -4.98. The highest BCUT2D eigenvalue weighted by atomic mass is 32.5. The molecule has 4 bridgehead atoms. The van der Waals surface area contributed by atoms with Gasteiger partial charge in [0, 0.05) is 17.8 Å². The van der Waals surface area contributed by atoms with E-state index in [0.29, 0.717) is 5.56 Å². The molecule has 2 N–H and O–H groups in total. The average molecular weight is 866 g/mol. The lowest BCUT2D eigenvalue weighted by atomic mass is 10.1. The zero-order valence-electron chi connectivity index (χ0n) is 29.6. The lowest BCUT2D eigenvalue weighted by Crippen LogP contribution is -2.38. The molecule has 0 saturated carbocycles. The van der Waals surface area contributed by atoms with Crippen molar-refractivity contribution in [3.8, 4) is 12.1 Å². The number of nitrogens with zero attached hydrogens (tertiary/aromatic N) is 7. The molecule has 3 fully saturated rings. The number of nitrogens with one attached hydrogen (secondary N) is 2. The number of fused-ring (bicyclic) bond motifs is 5. The summed E-state index contributed by atoms with van der Waals surface area (Å²) in [5.41, 5.74) is -1.42. The lowest BCUT2D eigenvalue weighted by molar-refractivity contribution is -0.0690. The molecule has 306 valence electrons. The van der Waals surface area contributed by atoms with E-state index in [1.54, 1.807) is 36.4 Å². The van der Waals surface area contributed by atoms with Gasteiger partial charge in [0.25, 0.3) is 11.5 Å². The topological polar surface area (TPSA) is 266 Å². The number of hydrogen-bond acceptors (Lipinski definition) is 18. The monoisotopic (exact) mass is 865 g/mol. The van der Waals surface area contributed by atoms with Crippen LogP contribution in [0.1, 0.15) is 35.7 Å². The van der Waals surface area contributed by atoms with Crippen LogP contribution in [0.5, 0.6) is 0 Å². The van der Waals surface area contributed by atoms with E-state index in [1.165, 1.54) is 10.9 Å². The Kier molecular flexibility index (Phi) is 12.6. The molecule has 0 spiro atoms. The SMILES string of the molecule is N#CCCOP1(=O)OC[C@H]2O[C@@H](n3ccc(=O)[nH]c3=O)[C@H](OP(=S)(OCCC#N)OC[C@H]3O[C@@H](n4cnc5c(NC(=O)c6ccccc6)ncnc54)[C@H](O1)[C@@H]3F)[C@@H]2F. The Labute approximate surface area is 330 Å². The first-order valence-corrected chi connectivity index (χ1v) is 21.3. The van der Waals surface area contributed by atoms with E-state index in [4.69, 9.17) is 58.9 Å². The van der Waals surface area contributed by atoms with E-state index >= 15 is 8.78 Å². The van der Waals surface area contributed by atoms with Crippen molar-refractivity contribution in [1.82, 2.24) is 29.1 Å². The van der Waals surface area contributed by atoms with Gasteiger partial charge >= 0.3 is 20.2 Å². The number of phosphoric ester groups is 1. The van der Waals surface area contributed by atoms with Crippen LogP contribution in [-0.2, 0) is 53.0 Å². The number of anilines is 1. The van der Waals surface area contributed by atoms with Crippen molar-refractivity contribution in [3.63, 3.8) is 0 Å². The molecule has 3 aliphatic heterocycles. The Bertz CT molecular complexity index is 2450. The number of carbonyl (C=O) groups excluding carboxylic acids is 1. The van der Waals surface area contributed by atoms with Gasteiger partial charge in [0.05, 0.1) is 57.7 Å². The second kappa shape index (κ2) is 17.7. The van der Waals surface area contributed by atoms with Gasteiger partial charge in [-0.1, -0.05) is 18.2 Å². The Balaban J connectivity index is 1.25. The summed E-state index contributed by atoms with van der Waals surface area (Å²) >= 11 is 5.60. The summed E-state index contributed by atoms with van der Waals surface area (Å²) in [6.45, 7) is -6.78. The standard InChI is InChI=1S/C32H31F2N9O12P2S/c33-22-20-15-51-57(58,49-13-5-10-36)55-26-23(34)19(52-30(26)42-11-8-21(44)40-32(42)46)14-50-56(47,48-12-4-9-35)54-25(22)31(53-20)43-17-39-24-27(37-16-38-28(24)43)41-29(45)18-6-2-1-3-7-18/h1-3,6-8,11,16-17,19-20,22-23,25-26,30-31H,4-5,12-15H2,(H,40,44,46)(H,37,38,41,45)/t19-,20-,22-,23-,25-,26-,30-,31-,56?,57?/m1/s1. The van der Waals surface area contributed by atoms with Crippen LogP contribution in [-0.4, -0.2) is 98.2 Å². The molecule has 4 aromatic rings. The number of halogens is 2. The number of aromatic nitrogens is 6. The summed E-state index contributed by atoms with van der Waals surface area (Å²) in [4.78, 5) is 52.3. The van der Waals surface area contributed by atoms with Gasteiger partial charge in [0.15, 0.2) is 41.8 Å². The maximum Gasteiger partial charge on any atom is 0.475 e. The maximum atomic E-state index is 16.7. The Morgan fingerprint density at radius 3 is 2.28 bits per heavy atom. The van der Waals surface area contributed by atoms with E-state index in [0.717, 1.165) is 23.2 Å². The molecule has 26 heteroatoms. The van der Waals surface area contributed by atoms with Crippen LogP contribution in [0.2, 0.25) is 0 Å². The fourth-order valence-electron chi connectivity index (χ4n) is 6.09. The zero-order chi connectivity index (χ0) is 41.0. The molecule has 21 nitrogen and oxygen atoms in total. The number of ether oxygens (including phenoxy) is 2. The summed E-state index contributed by atoms with van der Waals surface area (Å²) in [6, 6.07) is 12.9. The van der Waals surface area contributed by atoms with Crippen LogP contribution in [0, 0.1) is 22.7 Å². The minimum atomic E-state index is -4.98. The first kappa shape index (κ1) is 41.5. The Morgan fingerprint density at radius 1 is 0.931 bits per heavy atom. The highest BCUT2D eigenvalue weighted by molar-refractivity contribution is 8.07. The average Bonchev–Trinajstić information content (AvgIpc) is 3.86. The molecule has 58 heavy (non-hydrogen) atoms. The molecule has 3 aromatic heterocycles. The fourth-order valence-corrected chi connectivity index (χ4v) is 9.51. The number of carbonyl (C=O) groups is 1. The predicted octanol–water partition coefficient (Wildman–Crippen LogP) is 3.11. The van der Waals surface area contributed by atoms with Crippen molar-refractivity contribution in [1.29, 1.82) is 10.5 Å². The minimum absolute atomic E-state index is 0.00704. The molecule has 7 rings (SSSR count). The van der Waals surface area contributed by atoms with Crippen LogP contribution < -0.4 is 16.6 Å². The van der Waals surface area contributed by atoms with Crippen molar-refractivity contribution in [2.45, 2.75) is 62.1 Å². The number of imidazole rings is 1. The highest BCUT2D eigenvalue weighted by Gasteiger charge is 2.55. The lowest BCUT2D eigenvalue weighted by Gasteiger charge is -2.29. The number of hydrogen-bond donors (Lipinski definition) is 2. The quantitative estimate of drug-likeness (QED) is 0.171. The molecular weight excluding hydrogens is 834 g/mol. The van der Waals surface area contributed by atoms with Gasteiger partial charge in [0.1, 0.15) is 30.7 Å². The number of H-pyrrole nitrogens is 1. The number of nitriles is 2. The molecule has 0 aliphatic carbocycles. The van der Waals surface area contributed by atoms with Gasteiger partial charge in [-0.3, -0.25) is 41.8 Å². The molecule has 1 amide bonds. The third-order valence-corrected chi connectivity index (χ3v) is 12.6. The Hall–Kier alpha value is -4.68. The molecule has 3 aliphatic rings. The summed E-state index contributed by atoms with van der Waals surface area (Å²) in [6.07, 6.45) is -11.9. The molecule has 1 aromatic carbocycles. The second-order valence-corrected chi connectivity index (χ2v) is 17.1. The fraction of sp³-hybridized carbons (Fsp3) is 0.438. The van der Waals surface area contributed by atoms with Crippen molar-refractivity contribution < 1.29 is 54.8 Å². The van der Waals surface area contributed by atoms with Gasteiger partial charge < -0.3 is 23.8 Å². The maximum absolute atomic E-state index is 16.7. The third kappa shape index (κ3) is 8.83. The van der Waals surface area contributed by atoms with Gasteiger partial charge in [-0.05, 0) is 23.9 Å². The van der Waals surface area contributed by atoms with Crippen molar-refractivity contribution in [2.24, 2.45) is 0 Å². The van der Waals surface area contributed by atoms with E-state index in [9.17, 15) is 18.9 Å². The van der Waals surface area contributed by atoms with Gasteiger partial charge in [-0.25, -0.2) is 33.1 Å². The zero-order valence-corrected chi connectivity index (χ0v) is 32.3. The number of benzene rings is 1. The second-order valence-electron chi connectivity index (χ2n) is 12.5. The number of amides is 1. The predicted molar refractivity (Wildman–Crippen MR) is 195 cm³/mol. The van der Waals surface area contributed by atoms with Crippen LogP contribution in [0.4, 0.5) is 14.6 Å². The van der Waals surface area contributed by atoms with E-state index in [1.807, 2.05) is 11.1 Å². The Morgan fingerprint density at radius 2 is 1.59 bits per heavy atom. The summed E-state index contributed by atoms with van der Waals surface area (Å²) < 4.78 is 95.5. The number of aromatic amines is 1. The van der Waals surface area contributed by atoms with E-state index in [-0.39, 0.29) is 36.4 Å². The van der Waals surface area contributed by atoms with E-state index in [2.05, 4.69) is 20.3 Å². The first-order valence-electron chi connectivity index (χ1n) is 17.3. The first-order chi connectivity index (χ1) is 27.9. The largest absolute Gasteiger partial charge is 0.475 e. The molecule has 0 radical (unpaired) electrons. The van der Waals surface area contributed by atoms with Crippen molar-refractivity contribution in [3.05, 3.63) is 81.7 Å². The number of alkyl halides is 2.